The topological polar surface area (TPSA) is 58.6 Å². The smallest absolute Gasteiger partial charge is 0.261 e. The maximum Gasteiger partial charge on any atom is 0.261 e. The Hall–Kier alpha value is -2.82. The van der Waals surface area contributed by atoms with E-state index >= 15 is 0 Å². The molecule has 0 saturated carbocycles. The molecule has 2 amide bonds. The zero-order valence-electron chi connectivity index (χ0n) is 19.0. The molecule has 5 heteroatoms. The first-order valence-corrected chi connectivity index (χ1v) is 10.6. The molecule has 30 heavy (non-hydrogen) atoms. The summed E-state index contributed by atoms with van der Waals surface area (Å²) in [5.41, 5.74) is 4.18. The molecular formula is C25H34N2O3. The summed E-state index contributed by atoms with van der Waals surface area (Å²) in [6.07, 6.45) is 0.527. The van der Waals surface area contributed by atoms with Gasteiger partial charge in [0.2, 0.25) is 5.91 Å². The average Bonchev–Trinajstić information content (AvgIpc) is 2.69. The molecule has 2 aromatic carbocycles. The minimum Gasteiger partial charge on any atom is -0.483 e. The van der Waals surface area contributed by atoms with E-state index in [-0.39, 0.29) is 24.5 Å². The summed E-state index contributed by atoms with van der Waals surface area (Å²) in [5.74, 6) is 0.347. The van der Waals surface area contributed by atoms with Gasteiger partial charge in [-0.25, -0.2) is 0 Å². The van der Waals surface area contributed by atoms with Crippen molar-refractivity contribution in [1.82, 2.24) is 10.2 Å². The van der Waals surface area contributed by atoms with Gasteiger partial charge in [0, 0.05) is 12.6 Å². The third-order valence-electron chi connectivity index (χ3n) is 4.99. The molecular weight excluding hydrogens is 376 g/mol. The lowest BCUT2D eigenvalue weighted by Gasteiger charge is -2.31. The van der Waals surface area contributed by atoms with Gasteiger partial charge in [-0.15, -0.1) is 0 Å². The van der Waals surface area contributed by atoms with Gasteiger partial charge in [0.05, 0.1) is 0 Å². The van der Waals surface area contributed by atoms with Crippen molar-refractivity contribution >= 4 is 11.8 Å². The second-order valence-corrected chi connectivity index (χ2v) is 8.15. The molecule has 0 aliphatic carbocycles. The van der Waals surface area contributed by atoms with E-state index < -0.39 is 6.04 Å². The summed E-state index contributed by atoms with van der Waals surface area (Å²) in [6, 6.07) is 13.4. The highest BCUT2D eigenvalue weighted by Gasteiger charge is 2.29. The highest BCUT2D eigenvalue weighted by Crippen LogP contribution is 2.20. The molecule has 1 atom stereocenters. The van der Waals surface area contributed by atoms with E-state index in [1.165, 1.54) is 0 Å². The molecule has 0 aliphatic rings. The molecule has 0 heterocycles. The van der Waals surface area contributed by atoms with E-state index in [9.17, 15) is 9.59 Å². The number of nitrogens with zero attached hydrogens (tertiary/aromatic N) is 1. The summed E-state index contributed by atoms with van der Waals surface area (Å²) >= 11 is 0. The van der Waals surface area contributed by atoms with Crippen LogP contribution in [0.5, 0.6) is 5.75 Å². The summed E-state index contributed by atoms with van der Waals surface area (Å²) < 4.78 is 5.85. The number of rotatable bonds is 9. The van der Waals surface area contributed by atoms with Crippen LogP contribution in [0.1, 0.15) is 49.4 Å². The minimum absolute atomic E-state index is 0.00840. The van der Waals surface area contributed by atoms with Gasteiger partial charge in [0.25, 0.3) is 5.91 Å². The normalized spacial score (nSPS) is 11.8. The Morgan fingerprint density at radius 3 is 2.23 bits per heavy atom. The van der Waals surface area contributed by atoms with E-state index in [2.05, 4.69) is 5.32 Å². The average molecular weight is 411 g/mol. The third kappa shape index (κ3) is 6.61. The van der Waals surface area contributed by atoms with Crippen LogP contribution < -0.4 is 10.1 Å². The van der Waals surface area contributed by atoms with Gasteiger partial charge >= 0.3 is 0 Å². The van der Waals surface area contributed by atoms with Crippen molar-refractivity contribution < 1.29 is 14.3 Å². The number of hydrogen-bond donors (Lipinski definition) is 1. The summed E-state index contributed by atoms with van der Waals surface area (Å²) in [4.78, 5) is 27.6. The number of benzene rings is 2. The third-order valence-corrected chi connectivity index (χ3v) is 4.99. The summed E-state index contributed by atoms with van der Waals surface area (Å²) in [7, 11) is 0. The largest absolute Gasteiger partial charge is 0.483 e. The number of aryl methyl sites for hydroxylation is 3. The Labute approximate surface area is 180 Å². The first-order chi connectivity index (χ1) is 14.2. The van der Waals surface area contributed by atoms with Crippen molar-refractivity contribution in [3.63, 3.8) is 0 Å². The molecule has 0 bridgehead atoms. The highest BCUT2D eigenvalue weighted by atomic mass is 16.5. The maximum absolute atomic E-state index is 13.2. The quantitative estimate of drug-likeness (QED) is 0.670. The van der Waals surface area contributed by atoms with Crippen LogP contribution >= 0.6 is 0 Å². The zero-order valence-corrected chi connectivity index (χ0v) is 19.0. The monoisotopic (exact) mass is 410 g/mol. The number of amides is 2. The number of hydrogen-bond acceptors (Lipinski definition) is 3. The van der Waals surface area contributed by atoms with Gasteiger partial charge in [0.1, 0.15) is 11.8 Å². The lowest BCUT2D eigenvalue weighted by Crippen LogP contribution is -2.51. The molecule has 1 N–H and O–H groups in total. The maximum atomic E-state index is 13.2. The standard InChI is InChI=1S/C25H34N2O3/c1-7-22(25(29)26-17(2)3)27(15-21-12-9-18(4)10-13-21)24(28)16-30-23-14-19(5)8-11-20(23)6/h8-14,17,22H,7,15-16H2,1-6H3,(H,26,29)/t22-/m0/s1. The molecule has 2 rings (SSSR count). The van der Waals surface area contributed by atoms with Crippen molar-refractivity contribution in [2.45, 2.75) is 66.6 Å². The van der Waals surface area contributed by atoms with Gasteiger partial charge in [-0.3, -0.25) is 9.59 Å². The molecule has 0 fully saturated rings. The van der Waals surface area contributed by atoms with Gasteiger partial charge in [-0.2, -0.15) is 0 Å². The molecule has 0 aromatic heterocycles. The van der Waals surface area contributed by atoms with Crippen molar-refractivity contribution in [3.8, 4) is 5.75 Å². The molecule has 0 saturated heterocycles. The molecule has 0 aliphatic heterocycles. The zero-order chi connectivity index (χ0) is 22.3. The van der Waals surface area contributed by atoms with Gasteiger partial charge in [-0.05, 0) is 63.8 Å². The number of carbonyl (C=O) groups is 2. The van der Waals surface area contributed by atoms with Crippen molar-refractivity contribution in [2.24, 2.45) is 0 Å². The molecule has 0 spiro atoms. The first kappa shape index (κ1) is 23.5. The van der Waals surface area contributed by atoms with E-state index in [0.717, 1.165) is 22.3 Å². The minimum atomic E-state index is -0.552. The van der Waals surface area contributed by atoms with Crippen LogP contribution in [0.4, 0.5) is 0 Å². The SMILES string of the molecule is CC[C@@H](C(=O)NC(C)C)N(Cc1ccc(C)cc1)C(=O)COc1cc(C)ccc1C. The van der Waals surface area contributed by atoms with Crippen LogP contribution in [0.25, 0.3) is 0 Å². The fraction of sp³-hybridized carbons (Fsp3) is 0.440. The number of ether oxygens (including phenoxy) is 1. The fourth-order valence-corrected chi connectivity index (χ4v) is 3.28. The second kappa shape index (κ2) is 10.8. The Balaban J connectivity index is 2.23. The lowest BCUT2D eigenvalue weighted by atomic mass is 10.1. The molecule has 0 unspecified atom stereocenters. The predicted octanol–water partition coefficient (Wildman–Crippen LogP) is 4.32. The number of carbonyl (C=O) groups excluding carboxylic acids is 2. The molecule has 5 nitrogen and oxygen atoms in total. The van der Waals surface area contributed by atoms with Gasteiger partial charge in [0.15, 0.2) is 6.61 Å². The first-order valence-electron chi connectivity index (χ1n) is 10.6. The van der Waals surface area contributed by atoms with Crippen molar-refractivity contribution in [3.05, 3.63) is 64.7 Å². The Morgan fingerprint density at radius 1 is 1.00 bits per heavy atom. The Morgan fingerprint density at radius 2 is 1.63 bits per heavy atom. The van der Waals surface area contributed by atoms with E-state index in [1.54, 1.807) is 4.90 Å². The van der Waals surface area contributed by atoms with Crippen LogP contribution in [0.3, 0.4) is 0 Å². The van der Waals surface area contributed by atoms with Crippen LogP contribution in [0.2, 0.25) is 0 Å². The fourth-order valence-electron chi connectivity index (χ4n) is 3.28. The molecule has 162 valence electrons. The molecule has 0 radical (unpaired) electrons. The van der Waals surface area contributed by atoms with E-state index in [4.69, 9.17) is 4.74 Å². The molecule has 2 aromatic rings. The summed E-state index contributed by atoms with van der Waals surface area (Å²) in [5, 5.41) is 2.94. The van der Waals surface area contributed by atoms with Crippen LogP contribution in [0.15, 0.2) is 42.5 Å². The van der Waals surface area contributed by atoms with Gasteiger partial charge < -0.3 is 15.0 Å². The number of nitrogens with one attached hydrogen (secondary N) is 1. The van der Waals surface area contributed by atoms with Crippen LogP contribution in [-0.4, -0.2) is 35.4 Å². The Kier molecular flexibility index (Phi) is 8.46. The Bertz CT molecular complexity index is 859. The van der Waals surface area contributed by atoms with E-state index in [1.807, 2.05) is 84.0 Å². The predicted molar refractivity (Wildman–Crippen MR) is 120 cm³/mol. The lowest BCUT2D eigenvalue weighted by molar-refractivity contribution is -0.143. The van der Waals surface area contributed by atoms with Crippen LogP contribution in [0, 0.1) is 20.8 Å². The summed E-state index contributed by atoms with van der Waals surface area (Å²) in [6.45, 7) is 12.0. The van der Waals surface area contributed by atoms with Gasteiger partial charge in [-0.1, -0.05) is 48.9 Å². The van der Waals surface area contributed by atoms with E-state index in [0.29, 0.717) is 18.7 Å². The van der Waals surface area contributed by atoms with Crippen LogP contribution in [-0.2, 0) is 16.1 Å². The second-order valence-electron chi connectivity index (χ2n) is 8.15. The van der Waals surface area contributed by atoms with Crippen molar-refractivity contribution in [2.75, 3.05) is 6.61 Å². The van der Waals surface area contributed by atoms with Crippen molar-refractivity contribution in [1.29, 1.82) is 0 Å². The highest BCUT2D eigenvalue weighted by molar-refractivity contribution is 5.88.